The second kappa shape index (κ2) is 13.4. The molecule has 0 radical (unpaired) electrons. The fourth-order valence-corrected chi connectivity index (χ4v) is 6.68. The third kappa shape index (κ3) is 6.92. The van der Waals surface area contributed by atoms with Gasteiger partial charge in [0.05, 0.1) is 45.5 Å². The van der Waals surface area contributed by atoms with E-state index in [1.807, 2.05) is 74.3 Å². The van der Waals surface area contributed by atoms with E-state index < -0.39 is 0 Å². The number of nitrogens with zero attached hydrogens (tertiary/aromatic N) is 3. The van der Waals surface area contributed by atoms with Gasteiger partial charge in [-0.05, 0) is 90.4 Å². The molecule has 2 atom stereocenters. The Hall–Kier alpha value is -4.88. The van der Waals surface area contributed by atoms with E-state index in [4.69, 9.17) is 9.97 Å². The first-order valence-corrected chi connectivity index (χ1v) is 17.7. The zero-order valence-corrected chi connectivity index (χ0v) is 30.8. The van der Waals surface area contributed by atoms with Crippen molar-refractivity contribution in [2.24, 2.45) is 0 Å². The Balaban J connectivity index is 1.23. The van der Waals surface area contributed by atoms with E-state index in [1.165, 1.54) is 11.1 Å². The maximum atomic E-state index is 13.9. The third-order valence-corrected chi connectivity index (χ3v) is 9.85. The van der Waals surface area contributed by atoms with Gasteiger partial charge >= 0.3 is 0 Å². The molecule has 0 spiro atoms. The Labute approximate surface area is 295 Å². The normalized spacial score (nSPS) is 13.6. The molecular weight excluding hydrogens is 619 g/mol. The molecule has 258 valence electrons. The minimum atomic E-state index is -0.329. The SMILES string of the molecule is CCC(NC(=O)c1cccc2cc3cc(C(C)(C)C)ccc3nc12)N(C)C(CC)NC(=O)c1cccc2cc3cc(C(C)(C)C)ccc3nc12. The number of hydrogen-bond donors (Lipinski definition) is 2. The molecule has 0 aliphatic rings. The molecule has 2 amide bonds. The summed E-state index contributed by atoms with van der Waals surface area (Å²) in [5, 5.41) is 10.4. The van der Waals surface area contributed by atoms with E-state index in [1.54, 1.807) is 0 Å². The number of carbonyl (C=O) groups is 2. The molecule has 6 rings (SSSR count). The van der Waals surface area contributed by atoms with E-state index in [2.05, 4.69) is 88.6 Å². The highest BCUT2D eigenvalue weighted by molar-refractivity contribution is 6.09. The lowest BCUT2D eigenvalue weighted by molar-refractivity contribution is 0.0701. The predicted octanol–water partition coefficient (Wildman–Crippen LogP) is 9.25. The Kier molecular flexibility index (Phi) is 9.40. The molecule has 0 aliphatic heterocycles. The number of rotatable bonds is 8. The highest BCUT2D eigenvalue weighted by Gasteiger charge is 2.26. The molecule has 6 aromatic rings. The summed E-state index contributed by atoms with van der Waals surface area (Å²) >= 11 is 0. The minimum absolute atomic E-state index is 0.0271. The summed E-state index contributed by atoms with van der Waals surface area (Å²) in [5.74, 6) is -0.401. The highest BCUT2D eigenvalue weighted by Crippen LogP contribution is 2.30. The fourth-order valence-electron chi connectivity index (χ4n) is 6.68. The van der Waals surface area contributed by atoms with Crippen LogP contribution in [0.2, 0.25) is 0 Å². The largest absolute Gasteiger partial charge is 0.336 e. The molecule has 7 heteroatoms. The van der Waals surface area contributed by atoms with Gasteiger partial charge in [0.25, 0.3) is 11.8 Å². The molecule has 0 saturated heterocycles. The van der Waals surface area contributed by atoms with Gasteiger partial charge in [0.2, 0.25) is 0 Å². The number of nitrogens with one attached hydrogen (secondary N) is 2. The van der Waals surface area contributed by atoms with Gasteiger partial charge in [-0.1, -0.05) is 91.8 Å². The second-order valence-electron chi connectivity index (χ2n) is 15.5. The van der Waals surface area contributed by atoms with Crippen molar-refractivity contribution >= 4 is 55.4 Å². The topological polar surface area (TPSA) is 87.2 Å². The van der Waals surface area contributed by atoms with Gasteiger partial charge in [0.1, 0.15) is 0 Å². The summed E-state index contributed by atoms with van der Waals surface area (Å²) in [7, 11) is 1.94. The molecule has 7 nitrogen and oxygen atoms in total. The molecule has 4 aromatic carbocycles. The van der Waals surface area contributed by atoms with E-state index in [0.29, 0.717) is 35.0 Å². The van der Waals surface area contributed by atoms with Crippen LogP contribution in [0.15, 0.2) is 84.9 Å². The quantitative estimate of drug-likeness (QED) is 0.125. The molecular formula is C43H49N5O2. The van der Waals surface area contributed by atoms with Crippen LogP contribution in [0.25, 0.3) is 43.6 Å². The van der Waals surface area contributed by atoms with Crippen LogP contribution in [0.3, 0.4) is 0 Å². The predicted molar refractivity (Wildman–Crippen MR) is 207 cm³/mol. The average Bonchev–Trinajstić information content (AvgIpc) is 3.08. The van der Waals surface area contributed by atoms with E-state index in [9.17, 15) is 9.59 Å². The van der Waals surface area contributed by atoms with Crippen molar-refractivity contribution in [1.82, 2.24) is 25.5 Å². The van der Waals surface area contributed by atoms with Crippen molar-refractivity contribution in [3.63, 3.8) is 0 Å². The lowest BCUT2D eigenvalue weighted by Crippen LogP contribution is -2.55. The molecule has 0 bridgehead atoms. The second-order valence-corrected chi connectivity index (χ2v) is 15.5. The van der Waals surface area contributed by atoms with Crippen molar-refractivity contribution in [2.45, 2.75) is 91.4 Å². The van der Waals surface area contributed by atoms with Crippen LogP contribution in [-0.4, -0.2) is 46.1 Å². The van der Waals surface area contributed by atoms with Crippen molar-refractivity contribution in [1.29, 1.82) is 0 Å². The molecule has 2 unspecified atom stereocenters. The van der Waals surface area contributed by atoms with Crippen molar-refractivity contribution in [2.75, 3.05) is 7.05 Å². The summed E-state index contributed by atoms with van der Waals surface area (Å²) in [6.45, 7) is 17.3. The van der Waals surface area contributed by atoms with Crippen molar-refractivity contribution < 1.29 is 9.59 Å². The smallest absolute Gasteiger partial charge is 0.254 e. The Morgan fingerprint density at radius 1 is 0.600 bits per heavy atom. The lowest BCUT2D eigenvalue weighted by atomic mass is 9.86. The molecule has 50 heavy (non-hydrogen) atoms. The van der Waals surface area contributed by atoms with Crippen LogP contribution >= 0.6 is 0 Å². The van der Waals surface area contributed by atoms with Gasteiger partial charge < -0.3 is 10.6 Å². The van der Waals surface area contributed by atoms with Crippen LogP contribution in [0, 0.1) is 0 Å². The van der Waals surface area contributed by atoms with E-state index in [-0.39, 0.29) is 35.0 Å². The number of amides is 2. The number of para-hydroxylation sites is 2. The van der Waals surface area contributed by atoms with Gasteiger partial charge in [-0.3, -0.25) is 14.5 Å². The summed E-state index contributed by atoms with van der Waals surface area (Å²) in [5.41, 5.74) is 6.64. The summed E-state index contributed by atoms with van der Waals surface area (Å²) in [6.07, 6.45) is 0.627. The lowest BCUT2D eigenvalue weighted by Gasteiger charge is -2.35. The van der Waals surface area contributed by atoms with Crippen LogP contribution in [0.4, 0.5) is 0 Å². The zero-order valence-electron chi connectivity index (χ0n) is 30.8. The van der Waals surface area contributed by atoms with Gasteiger partial charge in [0, 0.05) is 21.5 Å². The summed E-state index contributed by atoms with van der Waals surface area (Å²) in [6, 6.07) is 28.4. The molecule has 0 saturated carbocycles. The Morgan fingerprint density at radius 3 is 1.36 bits per heavy atom. The van der Waals surface area contributed by atoms with Crippen LogP contribution < -0.4 is 10.6 Å². The zero-order chi connectivity index (χ0) is 36.0. The van der Waals surface area contributed by atoms with Crippen LogP contribution in [0.5, 0.6) is 0 Å². The van der Waals surface area contributed by atoms with Gasteiger partial charge in [-0.2, -0.15) is 0 Å². The number of aromatic nitrogens is 2. The summed E-state index contributed by atoms with van der Waals surface area (Å²) in [4.78, 5) is 39.6. The monoisotopic (exact) mass is 667 g/mol. The Morgan fingerprint density at radius 2 is 1.00 bits per heavy atom. The first-order valence-electron chi connectivity index (χ1n) is 17.7. The minimum Gasteiger partial charge on any atom is -0.336 e. The maximum absolute atomic E-state index is 13.9. The molecule has 2 aromatic heterocycles. The standard InChI is InChI=1S/C43H49N5O2/c1-10-36(46-40(49)32-16-12-14-26-22-28-24-30(42(3,4)5)18-20-34(28)44-38(26)32)48(9)37(11-2)47-41(50)33-17-13-15-27-23-29-25-31(43(6,7)8)19-21-35(29)45-39(27)33/h12-25,36-37H,10-11H2,1-9H3,(H,46,49)(H,47,50). The Bertz CT molecular complexity index is 2090. The van der Waals surface area contributed by atoms with Crippen LogP contribution in [-0.2, 0) is 10.8 Å². The number of pyridine rings is 2. The van der Waals surface area contributed by atoms with Gasteiger partial charge in [0.15, 0.2) is 0 Å². The number of carbonyl (C=O) groups excluding carboxylic acids is 2. The number of benzene rings is 4. The first kappa shape index (κ1) is 35.0. The number of hydrogen-bond acceptors (Lipinski definition) is 5. The molecule has 2 N–H and O–H groups in total. The van der Waals surface area contributed by atoms with Crippen molar-refractivity contribution in [3.8, 4) is 0 Å². The average molecular weight is 668 g/mol. The molecule has 2 heterocycles. The van der Waals surface area contributed by atoms with Gasteiger partial charge in [-0.15, -0.1) is 0 Å². The van der Waals surface area contributed by atoms with Gasteiger partial charge in [-0.25, -0.2) is 9.97 Å². The number of fused-ring (bicyclic) bond motifs is 4. The third-order valence-electron chi connectivity index (χ3n) is 9.85. The fraction of sp³-hybridized carbons (Fsp3) is 0.349. The van der Waals surface area contributed by atoms with Crippen LogP contribution in [0.1, 0.15) is 100 Å². The van der Waals surface area contributed by atoms with Crippen molar-refractivity contribution in [3.05, 3.63) is 107 Å². The molecule has 0 aliphatic carbocycles. The molecule has 0 fully saturated rings. The van der Waals surface area contributed by atoms with E-state index in [0.717, 1.165) is 32.6 Å². The summed E-state index contributed by atoms with van der Waals surface area (Å²) < 4.78 is 0. The highest BCUT2D eigenvalue weighted by atomic mass is 16.2. The maximum Gasteiger partial charge on any atom is 0.254 e. The van der Waals surface area contributed by atoms with E-state index >= 15 is 0 Å². The first-order chi connectivity index (χ1) is 23.7.